The van der Waals surface area contributed by atoms with E-state index in [4.69, 9.17) is 26.4 Å². The molecule has 2 rings (SSSR count). The summed E-state index contributed by atoms with van der Waals surface area (Å²) >= 11 is 5.16. The standard InChI is InChI=1S/C18H20FN3O3S/c1-23-14-8-16(24-2)15(17(9-14)25-3)11-21-22-18(26)20-10-12-4-6-13(19)7-5-12/h4-9,11H,10H2,1-3H3,(H2,20,22,26)/b21-11-. The van der Waals surface area contributed by atoms with Crippen molar-refractivity contribution in [2.45, 2.75) is 6.54 Å². The van der Waals surface area contributed by atoms with Gasteiger partial charge in [-0.2, -0.15) is 5.10 Å². The van der Waals surface area contributed by atoms with Gasteiger partial charge in [0.05, 0.1) is 33.1 Å². The van der Waals surface area contributed by atoms with Gasteiger partial charge in [0, 0.05) is 18.7 Å². The van der Waals surface area contributed by atoms with Gasteiger partial charge in [0.15, 0.2) is 5.11 Å². The molecule has 0 heterocycles. The summed E-state index contributed by atoms with van der Waals surface area (Å²) in [4.78, 5) is 0. The van der Waals surface area contributed by atoms with Gasteiger partial charge in [-0.15, -0.1) is 0 Å². The normalized spacial score (nSPS) is 10.5. The third-order valence-electron chi connectivity index (χ3n) is 3.48. The number of thiocarbonyl (C=S) groups is 1. The zero-order chi connectivity index (χ0) is 18.9. The molecule has 0 amide bonds. The summed E-state index contributed by atoms with van der Waals surface area (Å²) in [6, 6.07) is 9.62. The van der Waals surface area contributed by atoms with Crippen LogP contribution in [0.3, 0.4) is 0 Å². The van der Waals surface area contributed by atoms with Crippen molar-refractivity contribution in [3.05, 3.63) is 53.3 Å². The first-order chi connectivity index (χ1) is 12.6. The number of nitrogens with zero attached hydrogens (tertiary/aromatic N) is 1. The van der Waals surface area contributed by atoms with Crippen LogP contribution in [0.2, 0.25) is 0 Å². The van der Waals surface area contributed by atoms with Crippen molar-refractivity contribution in [2.75, 3.05) is 21.3 Å². The van der Waals surface area contributed by atoms with E-state index >= 15 is 0 Å². The van der Waals surface area contributed by atoms with Crippen LogP contribution < -0.4 is 25.0 Å². The molecule has 26 heavy (non-hydrogen) atoms. The fraction of sp³-hybridized carbons (Fsp3) is 0.222. The van der Waals surface area contributed by atoms with Gasteiger partial charge in [-0.3, -0.25) is 5.43 Å². The molecule has 0 aliphatic carbocycles. The maximum atomic E-state index is 12.9. The van der Waals surface area contributed by atoms with Crippen LogP contribution in [0.25, 0.3) is 0 Å². The van der Waals surface area contributed by atoms with Crippen molar-refractivity contribution in [1.82, 2.24) is 10.7 Å². The number of methoxy groups -OCH3 is 3. The third kappa shape index (κ3) is 5.32. The molecule has 0 fully saturated rings. The Morgan fingerprint density at radius 1 is 1.08 bits per heavy atom. The number of hydrogen-bond acceptors (Lipinski definition) is 5. The van der Waals surface area contributed by atoms with E-state index < -0.39 is 0 Å². The minimum absolute atomic E-state index is 0.276. The highest BCUT2D eigenvalue weighted by Gasteiger charge is 2.11. The molecule has 2 N–H and O–H groups in total. The van der Waals surface area contributed by atoms with Gasteiger partial charge in [0.2, 0.25) is 0 Å². The van der Waals surface area contributed by atoms with Gasteiger partial charge < -0.3 is 19.5 Å². The van der Waals surface area contributed by atoms with Crippen molar-refractivity contribution in [3.63, 3.8) is 0 Å². The van der Waals surface area contributed by atoms with Crippen LogP contribution in [0.1, 0.15) is 11.1 Å². The lowest BCUT2D eigenvalue weighted by atomic mass is 10.2. The van der Waals surface area contributed by atoms with E-state index in [1.54, 1.807) is 51.8 Å². The number of benzene rings is 2. The predicted molar refractivity (Wildman–Crippen MR) is 103 cm³/mol. The summed E-state index contributed by atoms with van der Waals surface area (Å²) in [7, 11) is 4.66. The average molecular weight is 377 g/mol. The number of ether oxygens (including phenoxy) is 3. The summed E-state index contributed by atoms with van der Waals surface area (Å²) in [6.07, 6.45) is 1.54. The first-order valence-corrected chi connectivity index (χ1v) is 8.09. The molecule has 0 unspecified atom stereocenters. The van der Waals surface area contributed by atoms with Crippen molar-refractivity contribution in [3.8, 4) is 17.2 Å². The van der Waals surface area contributed by atoms with Crippen molar-refractivity contribution < 1.29 is 18.6 Å². The number of rotatable bonds is 7. The lowest BCUT2D eigenvalue weighted by molar-refractivity contribution is 0.374. The van der Waals surface area contributed by atoms with Crippen molar-refractivity contribution in [1.29, 1.82) is 0 Å². The van der Waals surface area contributed by atoms with Crippen LogP contribution in [0, 0.1) is 5.82 Å². The monoisotopic (exact) mass is 377 g/mol. The molecule has 138 valence electrons. The number of hydrazone groups is 1. The van der Waals surface area contributed by atoms with E-state index in [1.165, 1.54) is 12.1 Å². The second kappa shape index (κ2) is 9.57. The second-order valence-corrected chi connectivity index (χ2v) is 5.53. The summed E-state index contributed by atoms with van der Waals surface area (Å²) in [6.45, 7) is 0.455. The molecular weight excluding hydrogens is 357 g/mol. The zero-order valence-electron chi connectivity index (χ0n) is 14.7. The molecule has 0 saturated carbocycles. The van der Waals surface area contributed by atoms with Crippen LogP contribution in [-0.4, -0.2) is 32.7 Å². The Morgan fingerprint density at radius 3 is 2.23 bits per heavy atom. The molecule has 0 radical (unpaired) electrons. The van der Waals surface area contributed by atoms with E-state index in [0.717, 1.165) is 5.56 Å². The summed E-state index contributed by atoms with van der Waals surface area (Å²) in [5.74, 6) is 1.44. The Morgan fingerprint density at radius 2 is 1.69 bits per heavy atom. The molecular formula is C18H20FN3O3S. The fourth-order valence-electron chi connectivity index (χ4n) is 2.14. The molecule has 0 spiro atoms. The van der Waals surface area contributed by atoms with Crippen LogP contribution >= 0.6 is 12.2 Å². The Labute approximate surface area is 157 Å². The second-order valence-electron chi connectivity index (χ2n) is 5.12. The molecule has 0 aliphatic rings. The first-order valence-electron chi connectivity index (χ1n) is 7.68. The third-order valence-corrected chi connectivity index (χ3v) is 3.71. The molecule has 0 saturated heterocycles. The number of nitrogens with one attached hydrogen (secondary N) is 2. The number of halogens is 1. The quantitative estimate of drug-likeness (QED) is 0.440. The molecule has 0 bridgehead atoms. The van der Waals surface area contributed by atoms with E-state index in [2.05, 4.69) is 15.8 Å². The van der Waals surface area contributed by atoms with E-state index in [1.807, 2.05) is 0 Å². The number of hydrogen-bond donors (Lipinski definition) is 2. The molecule has 6 nitrogen and oxygen atoms in total. The molecule has 8 heteroatoms. The van der Waals surface area contributed by atoms with Crippen molar-refractivity contribution >= 4 is 23.5 Å². The van der Waals surface area contributed by atoms with E-state index in [9.17, 15) is 4.39 Å². The Kier molecular flexibility index (Phi) is 7.16. The maximum absolute atomic E-state index is 12.9. The van der Waals surface area contributed by atoms with Gasteiger partial charge in [-0.05, 0) is 29.9 Å². The smallest absolute Gasteiger partial charge is 0.187 e. The van der Waals surface area contributed by atoms with Crippen LogP contribution in [0.4, 0.5) is 4.39 Å². The van der Waals surface area contributed by atoms with Gasteiger partial charge in [0.25, 0.3) is 0 Å². The van der Waals surface area contributed by atoms with Gasteiger partial charge >= 0.3 is 0 Å². The molecule has 2 aromatic carbocycles. The van der Waals surface area contributed by atoms with E-state index in [-0.39, 0.29) is 5.82 Å². The first kappa shape index (κ1) is 19.5. The van der Waals surface area contributed by atoms with Crippen LogP contribution in [-0.2, 0) is 6.54 Å². The highest BCUT2D eigenvalue weighted by atomic mass is 32.1. The highest BCUT2D eigenvalue weighted by Crippen LogP contribution is 2.32. The summed E-state index contributed by atoms with van der Waals surface area (Å²) in [5, 5.41) is 7.41. The van der Waals surface area contributed by atoms with Crippen LogP contribution in [0.15, 0.2) is 41.5 Å². The lowest BCUT2D eigenvalue weighted by Crippen LogP contribution is -2.31. The van der Waals surface area contributed by atoms with Gasteiger partial charge in [-0.25, -0.2) is 4.39 Å². The maximum Gasteiger partial charge on any atom is 0.187 e. The predicted octanol–water partition coefficient (Wildman–Crippen LogP) is 2.85. The summed E-state index contributed by atoms with van der Waals surface area (Å²) < 4.78 is 28.8. The largest absolute Gasteiger partial charge is 0.496 e. The molecule has 0 aliphatic heterocycles. The minimum atomic E-state index is -0.276. The molecule has 2 aromatic rings. The molecule has 0 atom stereocenters. The fourth-order valence-corrected chi connectivity index (χ4v) is 2.26. The van der Waals surface area contributed by atoms with Crippen molar-refractivity contribution in [2.24, 2.45) is 5.10 Å². The lowest BCUT2D eigenvalue weighted by Gasteiger charge is -2.12. The van der Waals surface area contributed by atoms with Gasteiger partial charge in [-0.1, -0.05) is 12.1 Å². The Hall–Kier alpha value is -2.87. The Bertz CT molecular complexity index is 757. The van der Waals surface area contributed by atoms with Crippen LogP contribution in [0.5, 0.6) is 17.2 Å². The topological polar surface area (TPSA) is 64.1 Å². The van der Waals surface area contributed by atoms with Gasteiger partial charge in [0.1, 0.15) is 23.1 Å². The summed E-state index contributed by atoms with van der Waals surface area (Å²) in [5.41, 5.74) is 4.26. The highest BCUT2D eigenvalue weighted by molar-refractivity contribution is 7.80. The molecule has 0 aromatic heterocycles. The average Bonchev–Trinajstić information content (AvgIpc) is 2.67. The minimum Gasteiger partial charge on any atom is -0.496 e. The zero-order valence-corrected chi connectivity index (χ0v) is 15.5. The van der Waals surface area contributed by atoms with E-state index in [0.29, 0.717) is 34.5 Å². The Balaban J connectivity index is 1.98. The SMILES string of the molecule is COc1cc(OC)c(/C=N\NC(=S)NCc2ccc(F)cc2)c(OC)c1.